The monoisotopic (exact) mass is 260 g/mol. The molecule has 1 N–H and O–H groups in total. The van der Waals surface area contributed by atoms with E-state index in [9.17, 15) is 0 Å². The molecule has 0 spiro atoms. The molecule has 5 heteroatoms. The molecule has 0 fully saturated rings. The van der Waals surface area contributed by atoms with Gasteiger partial charge in [-0.3, -0.25) is 4.68 Å². The van der Waals surface area contributed by atoms with Crippen LogP contribution in [0.5, 0.6) is 0 Å². The molecule has 1 aromatic heterocycles. The molecule has 4 nitrogen and oxygen atoms in total. The first-order valence-corrected chi connectivity index (χ1v) is 5.98. The van der Waals surface area contributed by atoms with Crippen LogP contribution in [0.3, 0.4) is 0 Å². The van der Waals surface area contributed by atoms with Crippen molar-refractivity contribution >= 4 is 17.3 Å². The highest BCUT2D eigenvalue weighted by atomic mass is 35.5. The minimum Gasteiger partial charge on any atom is -0.385 e. The van der Waals surface area contributed by atoms with E-state index in [2.05, 4.69) is 10.4 Å². The summed E-state index contributed by atoms with van der Waals surface area (Å²) in [5.41, 5.74) is 2.60. The maximum Gasteiger partial charge on any atom is 0.101 e. The zero-order valence-electron chi connectivity index (χ0n) is 10.0. The number of halogens is 1. The van der Waals surface area contributed by atoms with E-state index < -0.39 is 0 Å². The molecule has 0 radical (unpaired) electrons. The Hall–Kier alpha value is -1.99. The summed E-state index contributed by atoms with van der Waals surface area (Å²) >= 11 is 5.95. The van der Waals surface area contributed by atoms with Crippen LogP contribution in [0.4, 0.5) is 5.69 Å². The minimum atomic E-state index is 0.476. The van der Waals surface area contributed by atoms with Crippen LogP contribution in [-0.2, 0) is 13.5 Å². The first kappa shape index (κ1) is 12.5. The quantitative estimate of drug-likeness (QED) is 0.919. The fourth-order valence-electron chi connectivity index (χ4n) is 1.67. The molecule has 92 valence electrons. The third-order valence-electron chi connectivity index (χ3n) is 2.59. The molecule has 0 atom stereocenters. The summed E-state index contributed by atoms with van der Waals surface area (Å²) in [6, 6.07) is 7.38. The van der Waals surface area contributed by atoms with E-state index in [4.69, 9.17) is 16.9 Å². The summed E-state index contributed by atoms with van der Waals surface area (Å²) in [4.78, 5) is 0. The number of nitriles is 1. The van der Waals surface area contributed by atoms with Crippen molar-refractivity contribution in [3.63, 3.8) is 0 Å². The molecule has 1 heterocycles. The average molecular weight is 261 g/mol. The number of aryl methyl sites for hydroxylation is 1. The number of benzene rings is 1. The number of hydrogen-bond acceptors (Lipinski definition) is 3. The van der Waals surface area contributed by atoms with Gasteiger partial charge >= 0.3 is 0 Å². The third-order valence-corrected chi connectivity index (χ3v) is 2.90. The van der Waals surface area contributed by atoms with E-state index in [1.54, 1.807) is 16.8 Å². The topological polar surface area (TPSA) is 53.6 Å². The number of hydrogen-bond donors (Lipinski definition) is 1. The van der Waals surface area contributed by atoms with Gasteiger partial charge in [0, 0.05) is 25.5 Å². The van der Waals surface area contributed by atoms with Gasteiger partial charge in [0.2, 0.25) is 0 Å². The van der Waals surface area contributed by atoms with Gasteiger partial charge in [0.15, 0.2) is 0 Å². The van der Waals surface area contributed by atoms with E-state index in [1.807, 2.05) is 31.6 Å². The van der Waals surface area contributed by atoms with E-state index in [0.29, 0.717) is 10.6 Å². The zero-order valence-corrected chi connectivity index (χ0v) is 10.8. The van der Waals surface area contributed by atoms with Gasteiger partial charge in [-0.05, 0) is 30.2 Å². The van der Waals surface area contributed by atoms with Crippen LogP contribution in [0, 0.1) is 11.3 Å². The Morgan fingerprint density at radius 3 is 2.94 bits per heavy atom. The first-order valence-electron chi connectivity index (χ1n) is 5.60. The Labute approximate surface area is 111 Å². The van der Waals surface area contributed by atoms with Crippen molar-refractivity contribution < 1.29 is 0 Å². The summed E-state index contributed by atoms with van der Waals surface area (Å²) in [6.07, 6.45) is 4.74. The van der Waals surface area contributed by atoms with Gasteiger partial charge in [-0.1, -0.05) is 11.6 Å². The molecule has 0 aliphatic rings. The Morgan fingerprint density at radius 2 is 2.33 bits per heavy atom. The molecule has 0 bridgehead atoms. The van der Waals surface area contributed by atoms with Gasteiger partial charge in [0.1, 0.15) is 6.07 Å². The predicted octanol–water partition coefficient (Wildman–Crippen LogP) is 2.60. The van der Waals surface area contributed by atoms with Crippen LogP contribution in [0.1, 0.15) is 11.1 Å². The maximum atomic E-state index is 8.77. The van der Waals surface area contributed by atoms with Crippen molar-refractivity contribution in [2.75, 3.05) is 11.9 Å². The van der Waals surface area contributed by atoms with Gasteiger partial charge < -0.3 is 5.32 Å². The van der Waals surface area contributed by atoms with Gasteiger partial charge in [0.25, 0.3) is 0 Å². The van der Waals surface area contributed by atoms with E-state index >= 15 is 0 Å². The fraction of sp³-hybridized carbons (Fsp3) is 0.231. The Bertz CT molecular complexity index is 583. The SMILES string of the molecule is Cn1cc(CCNc2ccc(C#N)c(Cl)c2)cn1. The summed E-state index contributed by atoms with van der Waals surface area (Å²) in [5.74, 6) is 0. The molecule has 0 amide bonds. The average Bonchev–Trinajstić information content (AvgIpc) is 2.75. The standard InChI is InChI=1S/C13H13ClN4/c1-18-9-10(8-17-18)4-5-16-12-3-2-11(7-15)13(14)6-12/h2-3,6,8-9,16H,4-5H2,1H3. The lowest BCUT2D eigenvalue weighted by atomic mass is 10.2. The van der Waals surface area contributed by atoms with Gasteiger partial charge in [-0.15, -0.1) is 0 Å². The van der Waals surface area contributed by atoms with Crippen molar-refractivity contribution in [1.82, 2.24) is 9.78 Å². The second-order valence-corrected chi connectivity index (χ2v) is 4.41. The van der Waals surface area contributed by atoms with Crippen molar-refractivity contribution in [3.05, 3.63) is 46.7 Å². The predicted molar refractivity (Wildman–Crippen MR) is 71.6 cm³/mol. The van der Waals surface area contributed by atoms with Crippen molar-refractivity contribution in [2.24, 2.45) is 7.05 Å². The van der Waals surface area contributed by atoms with Crippen molar-refractivity contribution in [3.8, 4) is 6.07 Å². The largest absolute Gasteiger partial charge is 0.385 e. The molecular weight excluding hydrogens is 248 g/mol. The highest BCUT2D eigenvalue weighted by Gasteiger charge is 2.01. The maximum absolute atomic E-state index is 8.77. The van der Waals surface area contributed by atoms with Crippen LogP contribution in [0.15, 0.2) is 30.6 Å². The molecule has 0 aliphatic heterocycles. The van der Waals surface area contributed by atoms with Crippen molar-refractivity contribution in [2.45, 2.75) is 6.42 Å². The van der Waals surface area contributed by atoms with Crippen LogP contribution >= 0.6 is 11.6 Å². The van der Waals surface area contributed by atoms with E-state index in [-0.39, 0.29) is 0 Å². The molecule has 2 aromatic rings. The molecule has 0 unspecified atom stereocenters. The van der Waals surface area contributed by atoms with Crippen LogP contribution < -0.4 is 5.32 Å². The number of nitrogens with one attached hydrogen (secondary N) is 1. The molecular formula is C13H13ClN4. The number of aromatic nitrogens is 2. The number of anilines is 1. The molecule has 18 heavy (non-hydrogen) atoms. The summed E-state index contributed by atoms with van der Waals surface area (Å²) in [7, 11) is 1.90. The molecule has 0 saturated heterocycles. The summed E-state index contributed by atoms with van der Waals surface area (Å²) in [6.45, 7) is 0.800. The zero-order chi connectivity index (χ0) is 13.0. The Kier molecular flexibility index (Phi) is 3.85. The summed E-state index contributed by atoms with van der Waals surface area (Å²) in [5, 5.41) is 16.6. The normalized spacial score (nSPS) is 10.1. The van der Waals surface area contributed by atoms with E-state index in [0.717, 1.165) is 18.7 Å². The lowest BCUT2D eigenvalue weighted by molar-refractivity contribution is 0.767. The third kappa shape index (κ3) is 3.02. The van der Waals surface area contributed by atoms with Gasteiger partial charge in [0.05, 0.1) is 16.8 Å². The second-order valence-electron chi connectivity index (χ2n) is 4.01. The van der Waals surface area contributed by atoms with E-state index in [1.165, 1.54) is 5.56 Å². The second kappa shape index (κ2) is 5.56. The first-order chi connectivity index (χ1) is 8.69. The van der Waals surface area contributed by atoms with Gasteiger partial charge in [-0.25, -0.2) is 0 Å². The highest BCUT2D eigenvalue weighted by Crippen LogP contribution is 2.20. The van der Waals surface area contributed by atoms with Crippen LogP contribution in [0.2, 0.25) is 5.02 Å². The smallest absolute Gasteiger partial charge is 0.101 e. The molecule has 0 saturated carbocycles. The number of nitrogens with zero attached hydrogens (tertiary/aromatic N) is 3. The number of rotatable bonds is 4. The highest BCUT2D eigenvalue weighted by molar-refractivity contribution is 6.32. The fourth-order valence-corrected chi connectivity index (χ4v) is 1.89. The van der Waals surface area contributed by atoms with Crippen LogP contribution in [-0.4, -0.2) is 16.3 Å². The van der Waals surface area contributed by atoms with Crippen molar-refractivity contribution in [1.29, 1.82) is 5.26 Å². The summed E-state index contributed by atoms with van der Waals surface area (Å²) < 4.78 is 1.79. The molecule has 0 aliphatic carbocycles. The Balaban J connectivity index is 1.91. The minimum absolute atomic E-state index is 0.476. The van der Waals surface area contributed by atoms with Crippen LogP contribution in [0.25, 0.3) is 0 Å². The molecule has 1 aromatic carbocycles. The molecule has 2 rings (SSSR count). The lowest BCUT2D eigenvalue weighted by Crippen LogP contribution is -2.04. The lowest BCUT2D eigenvalue weighted by Gasteiger charge is -2.06. The van der Waals surface area contributed by atoms with Gasteiger partial charge in [-0.2, -0.15) is 10.4 Å². The Morgan fingerprint density at radius 1 is 1.50 bits per heavy atom.